The van der Waals surface area contributed by atoms with Crippen LogP contribution in [0.2, 0.25) is 0 Å². The molecule has 0 spiro atoms. The Labute approximate surface area is 218 Å². The van der Waals surface area contributed by atoms with Crippen LogP contribution < -0.4 is 16.4 Å². The highest BCUT2D eigenvalue weighted by Gasteiger charge is 2.37. The zero-order valence-electron chi connectivity index (χ0n) is 23.7. The van der Waals surface area contributed by atoms with E-state index in [1.54, 1.807) is 13.1 Å². The number of nitrogens with two attached hydrogens (primary N) is 1. The number of nitrogens with zero attached hydrogens (tertiary/aromatic N) is 4. The molecule has 204 valence electrons. The van der Waals surface area contributed by atoms with Crippen molar-refractivity contribution in [3.05, 3.63) is 23.9 Å². The molecule has 2 atom stereocenters. The van der Waals surface area contributed by atoms with Gasteiger partial charge in [-0.1, -0.05) is 47.1 Å². The molecular formula is C27H49N7O2. The molecule has 1 aliphatic rings. The molecule has 1 aromatic rings. The maximum absolute atomic E-state index is 12.7. The highest BCUT2D eigenvalue weighted by molar-refractivity contribution is 5.91. The summed E-state index contributed by atoms with van der Waals surface area (Å²) in [5.41, 5.74) is 6.73. The van der Waals surface area contributed by atoms with Gasteiger partial charge in [0.25, 0.3) is 0 Å². The zero-order valence-corrected chi connectivity index (χ0v) is 23.7. The lowest BCUT2D eigenvalue weighted by atomic mass is 9.66. The summed E-state index contributed by atoms with van der Waals surface area (Å²) in [5, 5.41) is 6.56. The first-order valence-electron chi connectivity index (χ1n) is 13.3. The third-order valence-electron chi connectivity index (χ3n) is 6.59. The minimum atomic E-state index is -0.183. The lowest BCUT2D eigenvalue weighted by Gasteiger charge is -2.41. The number of rotatable bonds is 11. The van der Waals surface area contributed by atoms with Gasteiger partial charge in [-0.15, -0.1) is 0 Å². The van der Waals surface area contributed by atoms with Crippen LogP contribution in [0.25, 0.3) is 0 Å². The number of hydrogen-bond donors (Lipinski definition) is 3. The van der Waals surface area contributed by atoms with Crippen molar-refractivity contribution in [1.29, 1.82) is 0 Å². The van der Waals surface area contributed by atoms with E-state index in [4.69, 9.17) is 5.73 Å². The van der Waals surface area contributed by atoms with Gasteiger partial charge in [0, 0.05) is 44.0 Å². The maximum atomic E-state index is 12.7. The van der Waals surface area contributed by atoms with Crippen LogP contribution >= 0.6 is 0 Å². The van der Waals surface area contributed by atoms with Crippen LogP contribution in [0.4, 0.5) is 11.8 Å². The van der Waals surface area contributed by atoms with E-state index in [9.17, 15) is 9.59 Å². The molecule has 0 bridgehead atoms. The fraction of sp³-hybridized carbons (Fsp3) is 0.704. The van der Waals surface area contributed by atoms with Gasteiger partial charge >= 0.3 is 0 Å². The summed E-state index contributed by atoms with van der Waals surface area (Å²) >= 11 is 0. The van der Waals surface area contributed by atoms with Crippen molar-refractivity contribution in [3.63, 3.8) is 0 Å². The summed E-state index contributed by atoms with van der Waals surface area (Å²) in [5.74, 6) is 1.13. The smallest absolute Gasteiger partial charge is 0.246 e. The zero-order chi connectivity index (χ0) is 27.3. The van der Waals surface area contributed by atoms with Gasteiger partial charge in [-0.2, -0.15) is 4.98 Å². The molecule has 1 fully saturated rings. The van der Waals surface area contributed by atoms with E-state index in [1.165, 1.54) is 11.0 Å². The largest absolute Gasteiger partial charge is 0.370 e. The van der Waals surface area contributed by atoms with E-state index in [-0.39, 0.29) is 35.8 Å². The molecule has 1 saturated carbocycles. The molecule has 0 aromatic carbocycles. The average Bonchev–Trinajstić information content (AvgIpc) is 2.83. The number of aromatic nitrogens is 2. The van der Waals surface area contributed by atoms with Gasteiger partial charge in [0.2, 0.25) is 17.8 Å². The molecule has 0 saturated heterocycles. The van der Waals surface area contributed by atoms with Crippen LogP contribution in [0.3, 0.4) is 0 Å². The molecule has 0 aliphatic heterocycles. The molecule has 1 heterocycles. The second-order valence-electron chi connectivity index (χ2n) is 10.1. The summed E-state index contributed by atoms with van der Waals surface area (Å²) in [6, 6.07) is 0.0834. The van der Waals surface area contributed by atoms with Crippen LogP contribution in [-0.2, 0) is 15.0 Å². The topological polar surface area (TPSA) is 116 Å². The summed E-state index contributed by atoms with van der Waals surface area (Å²) < 4.78 is 0. The third kappa shape index (κ3) is 9.76. The van der Waals surface area contributed by atoms with E-state index in [0.29, 0.717) is 12.5 Å². The van der Waals surface area contributed by atoms with E-state index < -0.39 is 0 Å². The number of carbonyl (C=O) groups is 2. The predicted molar refractivity (Wildman–Crippen MR) is 149 cm³/mol. The normalized spacial score (nSPS) is 17.9. The van der Waals surface area contributed by atoms with Crippen molar-refractivity contribution in [2.45, 2.75) is 78.2 Å². The third-order valence-corrected chi connectivity index (χ3v) is 6.59. The van der Waals surface area contributed by atoms with Crippen LogP contribution in [0.1, 0.15) is 72.3 Å². The summed E-state index contributed by atoms with van der Waals surface area (Å²) in [6.45, 7) is 12.1. The Morgan fingerprint density at radius 3 is 2.56 bits per heavy atom. The maximum Gasteiger partial charge on any atom is 0.246 e. The SMILES string of the molecule is CC.CCCNc1nc(N)ncc1C(C)(C)[C@@H]1CCC[C@H](NC(=O)CN(C)C(=O)/C=C/CN(C)C)C1. The fourth-order valence-electron chi connectivity index (χ4n) is 4.50. The van der Waals surface area contributed by atoms with Crippen molar-refractivity contribution >= 4 is 23.6 Å². The Morgan fingerprint density at radius 2 is 1.92 bits per heavy atom. The van der Waals surface area contributed by atoms with Gasteiger partial charge in [-0.3, -0.25) is 9.59 Å². The van der Waals surface area contributed by atoms with Gasteiger partial charge in [0.15, 0.2) is 0 Å². The van der Waals surface area contributed by atoms with Crippen molar-refractivity contribution in [1.82, 2.24) is 25.1 Å². The number of hydrogen-bond acceptors (Lipinski definition) is 7. The molecule has 2 rings (SSSR count). The van der Waals surface area contributed by atoms with Gasteiger partial charge in [-0.25, -0.2) is 4.98 Å². The molecule has 36 heavy (non-hydrogen) atoms. The molecule has 9 nitrogen and oxygen atoms in total. The van der Waals surface area contributed by atoms with Gasteiger partial charge in [0.1, 0.15) is 5.82 Å². The number of anilines is 2. The Morgan fingerprint density at radius 1 is 1.22 bits per heavy atom. The Kier molecular flexibility index (Phi) is 13.4. The molecule has 2 amide bonds. The van der Waals surface area contributed by atoms with Gasteiger partial charge in [-0.05, 0) is 51.1 Å². The van der Waals surface area contributed by atoms with E-state index in [0.717, 1.165) is 50.0 Å². The van der Waals surface area contributed by atoms with E-state index >= 15 is 0 Å². The predicted octanol–water partition coefficient (Wildman–Crippen LogP) is 3.44. The van der Waals surface area contributed by atoms with Crippen molar-refractivity contribution in [3.8, 4) is 0 Å². The molecule has 0 unspecified atom stereocenters. The first-order chi connectivity index (χ1) is 17.0. The number of nitrogens with one attached hydrogen (secondary N) is 2. The van der Waals surface area contributed by atoms with E-state index in [1.807, 2.05) is 39.0 Å². The lowest BCUT2D eigenvalue weighted by molar-refractivity contribution is -0.131. The van der Waals surface area contributed by atoms with Crippen LogP contribution in [0.5, 0.6) is 0 Å². The molecular weight excluding hydrogens is 454 g/mol. The Balaban J connectivity index is 0.00000316. The van der Waals surface area contributed by atoms with Crippen LogP contribution in [0.15, 0.2) is 18.3 Å². The quantitative estimate of drug-likeness (QED) is 0.396. The average molecular weight is 504 g/mol. The molecule has 4 N–H and O–H groups in total. The molecule has 1 aliphatic carbocycles. The Bertz CT molecular complexity index is 855. The second-order valence-corrected chi connectivity index (χ2v) is 10.1. The standard InChI is InChI=1S/C25H43N7O2.C2H6/c1-7-13-27-23-20(16-28-24(26)30-23)25(2,3)18-10-8-11-19(15-18)29-21(33)17-32(6)22(34)12-9-14-31(4)5;1-2/h9,12,16,18-19H,7-8,10-11,13-15,17H2,1-6H3,(H,29,33)(H3,26,27,28,30);1-2H3/b12-9+;/t18-,19+;/m1./s1. The van der Waals surface area contributed by atoms with Crippen LogP contribution in [-0.4, -0.2) is 78.4 Å². The molecule has 0 radical (unpaired) electrons. The molecule has 1 aromatic heterocycles. The highest BCUT2D eigenvalue weighted by Crippen LogP contribution is 2.42. The van der Waals surface area contributed by atoms with Crippen molar-refractivity contribution < 1.29 is 9.59 Å². The molecule has 9 heteroatoms. The highest BCUT2D eigenvalue weighted by atomic mass is 16.2. The Hall–Kier alpha value is -2.68. The fourth-order valence-corrected chi connectivity index (χ4v) is 4.50. The number of amides is 2. The number of likely N-dealkylation sites (N-methyl/N-ethyl adjacent to an activating group) is 2. The lowest BCUT2D eigenvalue weighted by Crippen LogP contribution is -2.46. The van der Waals surface area contributed by atoms with Crippen LogP contribution in [0, 0.1) is 5.92 Å². The summed E-state index contributed by atoms with van der Waals surface area (Å²) in [7, 11) is 5.53. The van der Waals surface area contributed by atoms with Gasteiger partial charge in [0.05, 0.1) is 6.54 Å². The number of carbonyl (C=O) groups excluding carboxylic acids is 2. The van der Waals surface area contributed by atoms with Crippen molar-refractivity contribution in [2.24, 2.45) is 5.92 Å². The first kappa shape index (κ1) is 31.4. The van der Waals surface area contributed by atoms with E-state index in [2.05, 4.69) is 41.4 Å². The summed E-state index contributed by atoms with van der Waals surface area (Å²) in [6.07, 6.45) is 10.1. The second kappa shape index (κ2) is 15.4. The monoisotopic (exact) mass is 503 g/mol. The minimum absolute atomic E-state index is 0.0482. The number of nitrogen functional groups attached to an aromatic ring is 1. The first-order valence-corrected chi connectivity index (χ1v) is 13.3. The summed E-state index contributed by atoms with van der Waals surface area (Å²) in [4.78, 5) is 37.0. The minimum Gasteiger partial charge on any atom is -0.370 e. The van der Waals surface area contributed by atoms with Gasteiger partial charge < -0.3 is 26.2 Å². The van der Waals surface area contributed by atoms with Crippen molar-refractivity contribution in [2.75, 3.05) is 51.8 Å².